The van der Waals surface area contributed by atoms with Crippen molar-refractivity contribution in [3.8, 4) is 0 Å². The summed E-state index contributed by atoms with van der Waals surface area (Å²) < 4.78 is 29.4. The van der Waals surface area contributed by atoms with Crippen molar-refractivity contribution >= 4 is 5.91 Å². The van der Waals surface area contributed by atoms with Gasteiger partial charge in [0.2, 0.25) is 5.91 Å². The number of alkyl halides is 2. The van der Waals surface area contributed by atoms with Crippen LogP contribution in [-0.4, -0.2) is 103 Å². The maximum atomic E-state index is 14.7. The molecule has 0 N–H and O–H groups in total. The molecule has 1 amide bonds. The van der Waals surface area contributed by atoms with Crippen LogP contribution in [0.3, 0.4) is 0 Å². The van der Waals surface area contributed by atoms with Gasteiger partial charge in [-0.05, 0) is 44.8 Å². The van der Waals surface area contributed by atoms with Crippen molar-refractivity contribution in [2.45, 2.75) is 65.8 Å². The van der Waals surface area contributed by atoms with Crippen molar-refractivity contribution in [1.29, 1.82) is 0 Å². The van der Waals surface area contributed by atoms with E-state index >= 15 is 0 Å². The molecule has 0 spiro atoms. The minimum atomic E-state index is -2.58. The second kappa shape index (κ2) is 11.7. The molecule has 3 aliphatic heterocycles. The van der Waals surface area contributed by atoms with E-state index in [4.69, 9.17) is 0 Å². The third-order valence-corrected chi connectivity index (χ3v) is 6.76. The molecule has 0 saturated carbocycles. The Bertz CT molecular complexity index is 515. The molecule has 0 aromatic heterocycles. The molecule has 0 radical (unpaired) electrons. The number of nitrogens with zero attached hydrogens (tertiary/aromatic N) is 4. The highest BCUT2D eigenvalue weighted by molar-refractivity contribution is 5.73. The molecule has 0 aliphatic carbocycles. The van der Waals surface area contributed by atoms with Crippen molar-refractivity contribution in [1.82, 2.24) is 19.6 Å². The van der Waals surface area contributed by atoms with Crippen LogP contribution in [0, 0.1) is 11.8 Å². The van der Waals surface area contributed by atoms with Crippen LogP contribution < -0.4 is 0 Å². The molecule has 3 heterocycles. The highest BCUT2D eigenvalue weighted by Gasteiger charge is 2.45. The average Bonchev–Trinajstić information content (AvgIpc) is 2.71. The molecule has 0 aromatic carbocycles. The first-order valence-corrected chi connectivity index (χ1v) is 12.1. The van der Waals surface area contributed by atoms with Gasteiger partial charge in [0.15, 0.2) is 0 Å². The van der Waals surface area contributed by atoms with Gasteiger partial charge in [-0.15, -0.1) is 0 Å². The number of rotatable bonds is 5. The first kappa shape index (κ1) is 25.5. The van der Waals surface area contributed by atoms with Gasteiger partial charge in [-0.2, -0.15) is 0 Å². The third-order valence-electron chi connectivity index (χ3n) is 6.76. The smallest absolute Gasteiger partial charge is 0.264 e. The van der Waals surface area contributed by atoms with Crippen LogP contribution in [0.15, 0.2) is 0 Å². The number of likely N-dealkylation sites (tertiary alicyclic amines) is 2. The monoisotopic (exact) mass is 430 g/mol. The lowest BCUT2D eigenvalue weighted by atomic mass is 9.90. The number of hydrogen-bond donors (Lipinski definition) is 0. The second-order valence-electron chi connectivity index (χ2n) is 9.45. The largest absolute Gasteiger partial charge is 0.340 e. The van der Waals surface area contributed by atoms with Crippen molar-refractivity contribution in [2.24, 2.45) is 11.8 Å². The lowest BCUT2D eigenvalue weighted by Gasteiger charge is -2.45. The molecule has 0 bridgehead atoms. The van der Waals surface area contributed by atoms with Gasteiger partial charge in [-0.25, -0.2) is 8.78 Å². The Morgan fingerprint density at radius 3 is 2.00 bits per heavy atom. The van der Waals surface area contributed by atoms with E-state index in [1.165, 1.54) is 0 Å². The highest BCUT2D eigenvalue weighted by Crippen LogP contribution is 2.34. The Morgan fingerprint density at radius 1 is 0.933 bits per heavy atom. The van der Waals surface area contributed by atoms with Crippen LogP contribution in [-0.2, 0) is 4.79 Å². The van der Waals surface area contributed by atoms with Gasteiger partial charge >= 0.3 is 0 Å². The molecule has 3 aliphatic rings. The Morgan fingerprint density at radius 2 is 1.50 bits per heavy atom. The molecular weight excluding hydrogens is 386 g/mol. The summed E-state index contributed by atoms with van der Waals surface area (Å²) in [5, 5.41) is 0. The van der Waals surface area contributed by atoms with Crippen LogP contribution in [0.4, 0.5) is 8.78 Å². The highest BCUT2D eigenvalue weighted by atomic mass is 19.3. The van der Waals surface area contributed by atoms with E-state index in [1.54, 1.807) is 6.92 Å². The SMILES string of the molecule is CC.CC(=O)N1CCN(C2CCN(CC3CCN(CC(C)C)CC3(F)F)CC2)CC1. The summed E-state index contributed by atoms with van der Waals surface area (Å²) in [6.07, 6.45) is 2.71. The third kappa shape index (κ3) is 7.13. The van der Waals surface area contributed by atoms with Crippen LogP contribution in [0.2, 0.25) is 0 Å². The zero-order chi connectivity index (χ0) is 22.3. The van der Waals surface area contributed by atoms with Gasteiger partial charge in [-0.3, -0.25) is 14.6 Å². The summed E-state index contributed by atoms with van der Waals surface area (Å²) in [5.41, 5.74) is 0. The normalized spacial score (nSPS) is 27.1. The van der Waals surface area contributed by atoms with E-state index in [0.29, 0.717) is 24.9 Å². The van der Waals surface area contributed by atoms with E-state index in [9.17, 15) is 13.6 Å². The minimum absolute atomic E-state index is 0.0766. The van der Waals surface area contributed by atoms with Gasteiger partial charge in [0.25, 0.3) is 5.92 Å². The van der Waals surface area contributed by atoms with Crippen molar-refractivity contribution in [2.75, 3.05) is 65.4 Å². The number of amides is 1. The van der Waals surface area contributed by atoms with E-state index in [1.807, 2.05) is 23.6 Å². The molecule has 0 aromatic rings. The van der Waals surface area contributed by atoms with Gasteiger partial charge in [0.05, 0.1) is 6.54 Å². The van der Waals surface area contributed by atoms with E-state index in [-0.39, 0.29) is 12.5 Å². The topological polar surface area (TPSA) is 30.0 Å². The van der Waals surface area contributed by atoms with Crippen LogP contribution >= 0.6 is 0 Å². The molecule has 1 unspecified atom stereocenters. The van der Waals surface area contributed by atoms with E-state index in [2.05, 4.69) is 23.6 Å². The fraction of sp³-hybridized carbons (Fsp3) is 0.957. The van der Waals surface area contributed by atoms with Crippen LogP contribution in [0.1, 0.15) is 53.9 Å². The minimum Gasteiger partial charge on any atom is -0.340 e. The summed E-state index contributed by atoms with van der Waals surface area (Å²) in [6, 6.07) is 0.541. The maximum absolute atomic E-state index is 14.7. The number of hydrogen-bond acceptors (Lipinski definition) is 4. The van der Waals surface area contributed by atoms with Gasteiger partial charge in [-0.1, -0.05) is 27.7 Å². The molecule has 30 heavy (non-hydrogen) atoms. The average molecular weight is 431 g/mol. The summed E-state index contributed by atoms with van der Waals surface area (Å²) in [4.78, 5) is 20.1. The number of piperidine rings is 2. The number of carbonyl (C=O) groups is 1. The lowest BCUT2D eigenvalue weighted by molar-refractivity contribution is -0.131. The second-order valence-corrected chi connectivity index (χ2v) is 9.45. The molecule has 3 saturated heterocycles. The standard InChI is InChI=1S/C21H38F2N4O.C2H6/c1-17(2)14-25-7-4-19(21(22,23)16-25)15-24-8-5-20(6-9-24)27-12-10-26(11-13-27)18(3)28;1-2/h17,19-20H,4-16H2,1-3H3;1-2H3. The Labute approximate surface area is 182 Å². The Balaban J connectivity index is 0.00000155. The first-order chi connectivity index (χ1) is 14.2. The van der Waals surface area contributed by atoms with Gasteiger partial charge < -0.3 is 9.80 Å². The first-order valence-electron chi connectivity index (χ1n) is 12.1. The fourth-order valence-corrected chi connectivity index (χ4v) is 5.13. The zero-order valence-electron chi connectivity index (χ0n) is 19.9. The molecule has 5 nitrogen and oxygen atoms in total. The quantitative estimate of drug-likeness (QED) is 0.670. The molecule has 176 valence electrons. The Kier molecular flexibility index (Phi) is 9.95. The van der Waals surface area contributed by atoms with Gasteiger partial charge in [0, 0.05) is 58.2 Å². The van der Waals surface area contributed by atoms with Crippen LogP contribution in [0.5, 0.6) is 0 Å². The molecular formula is C23H44F2N4O. The van der Waals surface area contributed by atoms with E-state index in [0.717, 1.165) is 65.2 Å². The number of halogens is 2. The summed E-state index contributed by atoms with van der Waals surface area (Å²) >= 11 is 0. The summed E-state index contributed by atoms with van der Waals surface area (Å²) in [7, 11) is 0. The number of carbonyl (C=O) groups excluding carboxylic acids is 1. The molecule has 3 rings (SSSR count). The van der Waals surface area contributed by atoms with Crippen LogP contribution in [0.25, 0.3) is 0 Å². The molecule has 1 atom stereocenters. The van der Waals surface area contributed by atoms with Crippen molar-refractivity contribution < 1.29 is 13.6 Å². The predicted octanol–water partition coefficient (Wildman–Crippen LogP) is 3.25. The molecule has 7 heteroatoms. The van der Waals surface area contributed by atoms with Gasteiger partial charge in [0.1, 0.15) is 0 Å². The van der Waals surface area contributed by atoms with Crippen molar-refractivity contribution in [3.63, 3.8) is 0 Å². The Hall–Kier alpha value is -0.790. The number of piperazine rings is 1. The maximum Gasteiger partial charge on any atom is 0.264 e. The summed E-state index contributed by atoms with van der Waals surface area (Å²) in [6.45, 7) is 17.2. The predicted molar refractivity (Wildman–Crippen MR) is 119 cm³/mol. The van der Waals surface area contributed by atoms with Crippen molar-refractivity contribution in [3.05, 3.63) is 0 Å². The zero-order valence-corrected chi connectivity index (χ0v) is 19.9. The summed E-state index contributed by atoms with van der Waals surface area (Å²) in [5.74, 6) is -2.49. The molecule has 3 fully saturated rings. The fourth-order valence-electron chi connectivity index (χ4n) is 5.13. The van der Waals surface area contributed by atoms with E-state index < -0.39 is 11.8 Å². The lowest BCUT2D eigenvalue weighted by Crippen LogP contribution is -2.56.